The Bertz CT molecular complexity index is 875. The molecule has 0 aliphatic carbocycles. The van der Waals surface area contributed by atoms with Crippen LogP contribution in [0.2, 0.25) is 0 Å². The molecule has 2 fully saturated rings. The molecule has 0 spiro atoms. The third-order valence-electron chi connectivity index (χ3n) is 5.35. The summed E-state index contributed by atoms with van der Waals surface area (Å²) in [6, 6.07) is 4.12. The fraction of sp³-hybridized carbons (Fsp3) is 0.619. The van der Waals surface area contributed by atoms with Gasteiger partial charge in [-0.3, -0.25) is 14.7 Å². The van der Waals surface area contributed by atoms with E-state index in [2.05, 4.69) is 22.0 Å². The number of aliphatic carboxylic acids is 2. The molecular weight excluding hydrogens is 520 g/mol. The second-order valence-electron chi connectivity index (χ2n) is 8.49. The average Bonchev–Trinajstić information content (AvgIpc) is 3.30. The predicted molar refractivity (Wildman–Crippen MR) is 113 cm³/mol. The van der Waals surface area contributed by atoms with Gasteiger partial charge < -0.3 is 24.6 Å². The summed E-state index contributed by atoms with van der Waals surface area (Å²) in [6.07, 6.45) is -6.50. The highest BCUT2D eigenvalue weighted by Gasteiger charge is 2.50. The minimum absolute atomic E-state index is 0.00324. The van der Waals surface area contributed by atoms with Gasteiger partial charge in [0, 0.05) is 57.5 Å². The molecule has 2 aliphatic rings. The summed E-state index contributed by atoms with van der Waals surface area (Å²) >= 11 is 0. The molecule has 0 saturated carbocycles. The van der Waals surface area contributed by atoms with Gasteiger partial charge in [-0.15, -0.1) is 0 Å². The minimum atomic E-state index is -5.08. The number of likely N-dealkylation sites (N-methyl/N-ethyl adjacent to an activating group) is 1. The molecular formula is C21H27F6N3O7. The van der Waals surface area contributed by atoms with Crippen LogP contribution in [0.15, 0.2) is 24.5 Å². The minimum Gasteiger partial charge on any atom is -0.475 e. The first kappa shape index (κ1) is 32.0. The van der Waals surface area contributed by atoms with Crippen LogP contribution in [0.3, 0.4) is 0 Å². The molecule has 10 nitrogen and oxygen atoms in total. The number of likely N-dealkylation sites (tertiary alicyclic amines) is 1. The summed E-state index contributed by atoms with van der Waals surface area (Å²) in [6.45, 7) is 5.15. The van der Waals surface area contributed by atoms with E-state index in [0.717, 1.165) is 32.8 Å². The number of pyridine rings is 1. The van der Waals surface area contributed by atoms with Crippen molar-refractivity contribution in [1.82, 2.24) is 14.8 Å². The van der Waals surface area contributed by atoms with Crippen molar-refractivity contribution >= 4 is 17.8 Å². The Kier molecular flexibility index (Phi) is 11.7. The third kappa shape index (κ3) is 10.9. The van der Waals surface area contributed by atoms with E-state index in [1.165, 1.54) is 5.56 Å². The molecule has 0 aromatic carbocycles. The van der Waals surface area contributed by atoms with Crippen LogP contribution < -0.4 is 0 Å². The summed E-state index contributed by atoms with van der Waals surface area (Å²) in [5.41, 5.74) is 1.30. The summed E-state index contributed by atoms with van der Waals surface area (Å²) in [5, 5.41) is 14.2. The summed E-state index contributed by atoms with van der Waals surface area (Å²) in [5.74, 6) is -5.03. The number of halogens is 6. The molecule has 210 valence electrons. The Labute approximate surface area is 207 Å². The molecule has 0 bridgehead atoms. The third-order valence-corrected chi connectivity index (χ3v) is 5.35. The largest absolute Gasteiger partial charge is 0.490 e. The number of carbonyl (C=O) groups is 3. The van der Waals surface area contributed by atoms with Crippen molar-refractivity contribution in [2.75, 3.05) is 53.6 Å². The van der Waals surface area contributed by atoms with E-state index in [9.17, 15) is 31.1 Å². The van der Waals surface area contributed by atoms with E-state index in [1.54, 1.807) is 19.0 Å². The van der Waals surface area contributed by atoms with Crippen molar-refractivity contribution in [3.63, 3.8) is 0 Å². The second-order valence-corrected chi connectivity index (χ2v) is 8.49. The van der Waals surface area contributed by atoms with Gasteiger partial charge in [0.25, 0.3) is 0 Å². The highest BCUT2D eigenvalue weighted by atomic mass is 19.4. The molecule has 16 heteroatoms. The predicted octanol–water partition coefficient (Wildman–Crippen LogP) is 1.90. The zero-order valence-corrected chi connectivity index (χ0v) is 19.9. The molecule has 2 aliphatic heterocycles. The van der Waals surface area contributed by atoms with Gasteiger partial charge in [-0.05, 0) is 17.7 Å². The first-order chi connectivity index (χ1) is 17.0. The van der Waals surface area contributed by atoms with Crippen molar-refractivity contribution in [2.45, 2.75) is 18.9 Å². The van der Waals surface area contributed by atoms with Gasteiger partial charge in [0.1, 0.15) is 6.61 Å². The van der Waals surface area contributed by atoms with E-state index in [0.29, 0.717) is 12.5 Å². The molecule has 2 atom stereocenters. The zero-order valence-electron chi connectivity index (χ0n) is 19.9. The normalized spacial score (nSPS) is 21.1. The highest BCUT2D eigenvalue weighted by Crippen LogP contribution is 2.42. The number of rotatable bonds is 6. The van der Waals surface area contributed by atoms with Gasteiger partial charge >= 0.3 is 24.3 Å². The average molecular weight is 547 g/mol. The lowest BCUT2D eigenvalue weighted by Gasteiger charge is -2.27. The molecule has 1 aromatic rings. The summed E-state index contributed by atoms with van der Waals surface area (Å²) in [7, 11) is 3.50. The maximum atomic E-state index is 11.7. The van der Waals surface area contributed by atoms with Gasteiger partial charge in [-0.1, -0.05) is 0 Å². The van der Waals surface area contributed by atoms with E-state index in [4.69, 9.17) is 29.3 Å². The number of ether oxygens (including phenoxy) is 2. The molecule has 1 aromatic heterocycles. The zero-order chi connectivity index (χ0) is 28.4. The fourth-order valence-corrected chi connectivity index (χ4v) is 3.48. The number of hydrogen-bond donors (Lipinski definition) is 2. The number of carbonyl (C=O) groups excluding carboxylic acids is 1. The molecule has 1 amide bonds. The number of carboxylic acids is 2. The Morgan fingerprint density at radius 2 is 1.62 bits per heavy atom. The molecule has 0 radical (unpaired) electrons. The van der Waals surface area contributed by atoms with Gasteiger partial charge in [-0.25, -0.2) is 9.59 Å². The maximum Gasteiger partial charge on any atom is 0.490 e. The maximum absolute atomic E-state index is 11.7. The van der Waals surface area contributed by atoms with Crippen LogP contribution in [-0.2, 0) is 30.4 Å². The molecule has 0 unspecified atom stereocenters. The van der Waals surface area contributed by atoms with E-state index >= 15 is 0 Å². The van der Waals surface area contributed by atoms with Gasteiger partial charge in [0.05, 0.1) is 19.8 Å². The summed E-state index contributed by atoms with van der Waals surface area (Å²) in [4.78, 5) is 37.5. The smallest absolute Gasteiger partial charge is 0.475 e. The Morgan fingerprint density at radius 1 is 1.11 bits per heavy atom. The van der Waals surface area contributed by atoms with Crippen LogP contribution >= 0.6 is 0 Å². The van der Waals surface area contributed by atoms with Crippen LogP contribution in [0.5, 0.6) is 0 Å². The van der Waals surface area contributed by atoms with Crippen LogP contribution in [0.1, 0.15) is 5.56 Å². The topological polar surface area (TPSA) is 130 Å². The number of aromatic nitrogens is 1. The number of amides is 1. The van der Waals surface area contributed by atoms with Crippen molar-refractivity contribution in [1.29, 1.82) is 0 Å². The van der Waals surface area contributed by atoms with Crippen molar-refractivity contribution in [3.05, 3.63) is 30.1 Å². The Morgan fingerprint density at radius 3 is 2.08 bits per heavy atom. The van der Waals surface area contributed by atoms with Crippen LogP contribution in [0.25, 0.3) is 0 Å². The SMILES string of the molecule is CN(C)C(=O)COC[C@]12COC[C@H]1CN(Cc1ccncc1)C2.O=C(O)C(F)(F)F.O=C(O)C(F)(F)F. The molecule has 3 rings (SSSR count). The lowest BCUT2D eigenvalue weighted by molar-refractivity contribution is -0.193. The molecule has 2 N–H and O–H groups in total. The van der Waals surface area contributed by atoms with Crippen molar-refractivity contribution in [3.8, 4) is 0 Å². The quantitative estimate of drug-likeness (QED) is 0.513. The molecule has 3 heterocycles. The lowest BCUT2D eigenvalue weighted by Crippen LogP contribution is -2.37. The molecule has 37 heavy (non-hydrogen) atoms. The van der Waals surface area contributed by atoms with Crippen LogP contribution in [0, 0.1) is 11.3 Å². The van der Waals surface area contributed by atoms with Crippen LogP contribution in [-0.4, -0.2) is 109 Å². The van der Waals surface area contributed by atoms with Gasteiger partial charge in [-0.2, -0.15) is 26.3 Å². The number of carboxylic acid groups (broad SMARTS) is 2. The molecule has 2 saturated heterocycles. The Balaban J connectivity index is 0.000000404. The number of nitrogens with zero attached hydrogens (tertiary/aromatic N) is 3. The standard InChI is InChI=1S/C17H25N3O3.2C2HF3O2/c1-19(2)16(21)10-23-13-17-11-20(8-15(17)9-22-12-17)7-14-3-5-18-6-4-14;2*3-2(4,5)1(6)7/h3-6,15H,7-13H2,1-2H3;2*(H,6,7)/t15-,17+;;/m1../s1. The van der Waals surface area contributed by atoms with Crippen LogP contribution in [0.4, 0.5) is 26.3 Å². The van der Waals surface area contributed by atoms with E-state index < -0.39 is 24.3 Å². The van der Waals surface area contributed by atoms with Gasteiger partial charge in [0.15, 0.2) is 0 Å². The second kappa shape index (κ2) is 13.5. The summed E-state index contributed by atoms with van der Waals surface area (Å²) < 4.78 is 74.9. The van der Waals surface area contributed by atoms with E-state index in [-0.39, 0.29) is 17.9 Å². The van der Waals surface area contributed by atoms with E-state index in [1.807, 2.05) is 12.4 Å². The first-order valence-electron chi connectivity index (χ1n) is 10.5. The monoisotopic (exact) mass is 547 g/mol. The first-order valence-corrected chi connectivity index (χ1v) is 10.5. The number of hydrogen-bond acceptors (Lipinski definition) is 7. The number of alkyl halides is 6. The van der Waals surface area contributed by atoms with Gasteiger partial charge in [0.2, 0.25) is 5.91 Å². The van der Waals surface area contributed by atoms with Crippen molar-refractivity contribution in [2.24, 2.45) is 11.3 Å². The van der Waals surface area contributed by atoms with Crippen molar-refractivity contribution < 1.29 is 60.4 Å². The fourth-order valence-electron chi connectivity index (χ4n) is 3.48. The number of fused-ring (bicyclic) bond motifs is 1. The lowest BCUT2D eigenvalue weighted by atomic mass is 9.82. The Hall–Kier alpha value is -2.98. The highest BCUT2D eigenvalue weighted by molar-refractivity contribution is 5.76.